The van der Waals surface area contributed by atoms with Crippen molar-refractivity contribution in [1.29, 1.82) is 0 Å². The summed E-state index contributed by atoms with van der Waals surface area (Å²) < 4.78 is 1.39. The van der Waals surface area contributed by atoms with Gasteiger partial charge >= 0.3 is 5.97 Å². The molecule has 3 rings (SSSR count). The van der Waals surface area contributed by atoms with Crippen LogP contribution in [0.4, 0.5) is 0 Å². The predicted molar refractivity (Wildman–Crippen MR) is 101 cm³/mol. The number of hydrogen-bond acceptors (Lipinski definition) is 6. The SMILES string of the molecule is CC(=O)c1nn(CC(=O)O)c2c(CN(C)C)cc(-c3cnc(C)nc3)cc12. The first-order chi connectivity index (χ1) is 12.8. The standard InChI is InChI=1S/C19H21N5O3/c1-11(25)18-16-6-13(15-7-20-12(2)21-8-15)5-14(9-23(3)4)19(16)24(22-18)10-17(26)27/h5-8H,9-10H2,1-4H3,(H,26,27). The fourth-order valence-electron chi connectivity index (χ4n) is 3.08. The molecular formula is C19H21N5O3. The summed E-state index contributed by atoms with van der Waals surface area (Å²) in [5.74, 6) is -0.550. The fraction of sp³-hybridized carbons (Fsp3) is 0.316. The van der Waals surface area contributed by atoms with Gasteiger partial charge in [-0.05, 0) is 44.3 Å². The van der Waals surface area contributed by atoms with E-state index in [9.17, 15) is 14.7 Å². The van der Waals surface area contributed by atoms with Gasteiger partial charge in [0.05, 0.1) is 5.52 Å². The van der Waals surface area contributed by atoms with Crippen molar-refractivity contribution >= 4 is 22.7 Å². The first-order valence-electron chi connectivity index (χ1n) is 8.46. The second-order valence-electron chi connectivity index (χ2n) is 6.74. The number of carbonyl (C=O) groups excluding carboxylic acids is 1. The quantitative estimate of drug-likeness (QED) is 0.666. The van der Waals surface area contributed by atoms with E-state index in [1.807, 2.05) is 38.1 Å². The molecule has 3 aromatic rings. The molecule has 0 radical (unpaired) electrons. The van der Waals surface area contributed by atoms with Crippen LogP contribution in [0.25, 0.3) is 22.0 Å². The molecule has 0 aliphatic rings. The number of carbonyl (C=O) groups is 2. The summed E-state index contributed by atoms with van der Waals surface area (Å²) in [5.41, 5.74) is 3.49. The van der Waals surface area contributed by atoms with Crippen molar-refractivity contribution in [3.05, 3.63) is 41.6 Å². The third kappa shape index (κ3) is 3.85. The van der Waals surface area contributed by atoms with Gasteiger partial charge in [0.1, 0.15) is 18.1 Å². The van der Waals surface area contributed by atoms with Gasteiger partial charge in [0.2, 0.25) is 0 Å². The molecule has 8 nitrogen and oxygen atoms in total. The number of rotatable bonds is 6. The molecular weight excluding hydrogens is 346 g/mol. The highest BCUT2D eigenvalue weighted by Gasteiger charge is 2.20. The van der Waals surface area contributed by atoms with Gasteiger partial charge in [0.25, 0.3) is 0 Å². The maximum atomic E-state index is 12.1. The van der Waals surface area contributed by atoms with Crippen molar-refractivity contribution < 1.29 is 14.7 Å². The molecule has 1 N–H and O–H groups in total. The molecule has 2 heterocycles. The van der Waals surface area contributed by atoms with Crippen LogP contribution in [0.5, 0.6) is 0 Å². The zero-order valence-electron chi connectivity index (χ0n) is 15.7. The van der Waals surface area contributed by atoms with Gasteiger partial charge in [-0.25, -0.2) is 9.97 Å². The Kier molecular flexibility index (Phi) is 5.00. The molecule has 0 saturated carbocycles. The van der Waals surface area contributed by atoms with Crippen LogP contribution in [0.1, 0.15) is 28.8 Å². The largest absolute Gasteiger partial charge is 0.480 e. The van der Waals surface area contributed by atoms with Gasteiger partial charge in [-0.3, -0.25) is 14.3 Å². The molecule has 1 aromatic carbocycles. The van der Waals surface area contributed by atoms with Gasteiger partial charge in [-0.2, -0.15) is 5.10 Å². The number of Topliss-reactive ketones (excluding diaryl/α,β-unsaturated/α-hetero) is 1. The first kappa shape index (κ1) is 18.7. The van der Waals surface area contributed by atoms with Crippen LogP contribution in [0.15, 0.2) is 24.5 Å². The second-order valence-corrected chi connectivity index (χ2v) is 6.74. The third-order valence-corrected chi connectivity index (χ3v) is 4.14. The maximum absolute atomic E-state index is 12.1. The number of benzene rings is 1. The number of fused-ring (bicyclic) bond motifs is 1. The van der Waals surface area contributed by atoms with Crippen molar-refractivity contribution in [2.45, 2.75) is 26.9 Å². The van der Waals surface area contributed by atoms with Crippen LogP contribution in [-0.4, -0.2) is 55.6 Å². The van der Waals surface area contributed by atoms with Crippen molar-refractivity contribution in [3.63, 3.8) is 0 Å². The molecule has 0 saturated heterocycles. The molecule has 27 heavy (non-hydrogen) atoms. The minimum atomic E-state index is -1.01. The minimum absolute atomic E-state index is 0.211. The molecule has 8 heteroatoms. The van der Waals surface area contributed by atoms with Crippen molar-refractivity contribution in [2.24, 2.45) is 0 Å². The van der Waals surface area contributed by atoms with Crippen LogP contribution in [0.3, 0.4) is 0 Å². The van der Waals surface area contributed by atoms with Crippen LogP contribution in [-0.2, 0) is 17.9 Å². The molecule has 140 valence electrons. The normalized spacial score (nSPS) is 11.3. The third-order valence-electron chi connectivity index (χ3n) is 4.14. The Morgan fingerprint density at radius 2 is 1.81 bits per heavy atom. The minimum Gasteiger partial charge on any atom is -0.480 e. The number of aromatic nitrogens is 4. The Morgan fingerprint density at radius 1 is 1.15 bits per heavy atom. The monoisotopic (exact) mass is 367 g/mol. The lowest BCUT2D eigenvalue weighted by molar-refractivity contribution is -0.137. The summed E-state index contributed by atoms with van der Waals surface area (Å²) in [7, 11) is 3.86. The van der Waals surface area contributed by atoms with Gasteiger partial charge in [0, 0.05) is 36.8 Å². The van der Waals surface area contributed by atoms with Crippen molar-refractivity contribution in [2.75, 3.05) is 14.1 Å². The lowest BCUT2D eigenvalue weighted by Gasteiger charge is -2.14. The van der Waals surface area contributed by atoms with Crippen LogP contribution < -0.4 is 0 Å². The highest BCUT2D eigenvalue weighted by Crippen LogP contribution is 2.30. The van der Waals surface area contributed by atoms with Gasteiger partial charge in [0.15, 0.2) is 5.78 Å². The zero-order chi connectivity index (χ0) is 19.7. The molecule has 0 amide bonds. The van der Waals surface area contributed by atoms with Crippen molar-refractivity contribution in [1.82, 2.24) is 24.6 Å². The molecule has 0 aliphatic heterocycles. The number of aryl methyl sites for hydroxylation is 1. The van der Waals surface area contributed by atoms with E-state index in [2.05, 4.69) is 15.1 Å². The summed E-state index contributed by atoms with van der Waals surface area (Å²) in [6.07, 6.45) is 3.47. The van der Waals surface area contributed by atoms with Crippen LogP contribution in [0, 0.1) is 6.92 Å². The average Bonchev–Trinajstić information content (AvgIpc) is 2.93. The smallest absolute Gasteiger partial charge is 0.325 e. The Balaban J connectivity index is 2.31. The second kappa shape index (κ2) is 7.24. The molecule has 0 bridgehead atoms. The summed E-state index contributed by atoms with van der Waals surface area (Å²) in [6.45, 7) is 3.51. The van der Waals surface area contributed by atoms with E-state index in [-0.39, 0.29) is 18.0 Å². The number of nitrogens with zero attached hydrogens (tertiary/aromatic N) is 5. The number of hydrogen-bond donors (Lipinski definition) is 1. The highest BCUT2D eigenvalue weighted by molar-refractivity contribution is 6.06. The van der Waals surface area contributed by atoms with E-state index in [0.29, 0.717) is 23.3 Å². The summed E-state index contributed by atoms with van der Waals surface area (Å²) in [4.78, 5) is 33.9. The summed E-state index contributed by atoms with van der Waals surface area (Å²) >= 11 is 0. The molecule has 0 unspecified atom stereocenters. The van der Waals surface area contributed by atoms with E-state index >= 15 is 0 Å². The lowest BCUT2D eigenvalue weighted by atomic mass is 10.00. The Labute approximate surface area is 156 Å². The molecule has 0 aliphatic carbocycles. The van der Waals surface area contributed by atoms with Crippen molar-refractivity contribution in [3.8, 4) is 11.1 Å². The maximum Gasteiger partial charge on any atom is 0.325 e. The van der Waals surface area contributed by atoms with E-state index in [1.54, 1.807) is 12.4 Å². The number of carboxylic acid groups (broad SMARTS) is 1. The number of carboxylic acids is 1. The highest BCUT2D eigenvalue weighted by atomic mass is 16.4. The van der Waals surface area contributed by atoms with Gasteiger partial charge < -0.3 is 10.0 Å². The molecule has 0 fully saturated rings. The van der Waals surface area contributed by atoms with Gasteiger partial charge in [-0.1, -0.05) is 0 Å². The first-order valence-corrected chi connectivity index (χ1v) is 8.46. The van der Waals surface area contributed by atoms with Gasteiger partial charge in [-0.15, -0.1) is 0 Å². The van der Waals surface area contributed by atoms with E-state index in [0.717, 1.165) is 16.7 Å². The van der Waals surface area contributed by atoms with E-state index in [1.165, 1.54) is 11.6 Å². The summed E-state index contributed by atoms with van der Waals surface area (Å²) in [6, 6.07) is 3.82. The Bertz CT molecular complexity index is 1020. The number of ketones is 1. The molecule has 2 aromatic heterocycles. The molecule has 0 spiro atoms. The Hall–Kier alpha value is -3.13. The van der Waals surface area contributed by atoms with Crippen LogP contribution in [0.2, 0.25) is 0 Å². The Morgan fingerprint density at radius 3 is 2.37 bits per heavy atom. The average molecular weight is 367 g/mol. The lowest BCUT2D eigenvalue weighted by Crippen LogP contribution is -2.14. The number of aliphatic carboxylic acids is 1. The van der Waals surface area contributed by atoms with Crippen LogP contribution >= 0.6 is 0 Å². The van der Waals surface area contributed by atoms with E-state index in [4.69, 9.17) is 0 Å². The summed E-state index contributed by atoms with van der Waals surface area (Å²) in [5, 5.41) is 14.2. The van der Waals surface area contributed by atoms with E-state index < -0.39 is 5.97 Å². The zero-order valence-corrected chi connectivity index (χ0v) is 15.7. The predicted octanol–water partition coefficient (Wildman–Crippen LogP) is 2.15. The molecule has 0 atom stereocenters. The fourth-order valence-corrected chi connectivity index (χ4v) is 3.08. The topological polar surface area (TPSA) is 101 Å².